The van der Waals surface area contributed by atoms with Crippen LogP contribution in [-0.4, -0.2) is 6.10 Å². The molecule has 0 saturated heterocycles. The normalized spacial score (nSPS) is 25.0. The van der Waals surface area contributed by atoms with E-state index in [1.807, 2.05) is 31.2 Å². The third-order valence-electron chi connectivity index (χ3n) is 4.84. The van der Waals surface area contributed by atoms with Gasteiger partial charge in [-0.2, -0.15) is 5.26 Å². The molecule has 2 rings (SSSR count). The zero-order chi connectivity index (χ0) is 17.7. The molecule has 1 aromatic rings. The minimum absolute atomic E-state index is 0.0657. The third kappa shape index (κ3) is 5.00. The molecule has 0 bridgehead atoms. The van der Waals surface area contributed by atoms with Crippen LogP contribution in [0, 0.1) is 36.0 Å². The van der Waals surface area contributed by atoms with E-state index in [0.29, 0.717) is 23.1 Å². The molecule has 1 aliphatic rings. The Kier molecular flexibility index (Phi) is 6.72. The number of rotatable bonds is 5. The monoisotopic (exact) mass is 344 g/mol. The van der Waals surface area contributed by atoms with Crippen molar-refractivity contribution >= 4 is 19.4 Å². The Labute approximate surface area is 146 Å². The Hall–Kier alpha value is -1.49. The fourth-order valence-electron chi connectivity index (χ4n) is 3.55. The van der Waals surface area contributed by atoms with Crippen molar-refractivity contribution in [1.82, 2.24) is 0 Å². The van der Waals surface area contributed by atoms with Crippen LogP contribution in [0.5, 0.6) is 0 Å². The fourth-order valence-corrected chi connectivity index (χ4v) is 4.72. The topological polar surface area (TPSA) is 50.1 Å². The smallest absolute Gasteiger partial charge is 0.193 e. The van der Waals surface area contributed by atoms with Gasteiger partial charge in [0.2, 0.25) is 5.30 Å². The van der Waals surface area contributed by atoms with Gasteiger partial charge in [-0.3, -0.25) is 0 Å². The first-order valence-electron chi connectivity index (χ1n) is 8.72. The Balaban J connectivity index is 2.17. The van der Waals surface area contributed by atoms with Gasteiger partial charge < -0.3 is 0 Å². The van der Waals surface area contributed by atoms with Crippen LogP contribution in [0.15, 0.2) is 24.3 Å². The number of nitriles is 1. The van der Waals surface area contributed by atoms with Crippen LogP contribution in [-0.2, 0) is 9.09 Å². The largest absolute Gasteiger partial charge is 0.549 e. The zero-order valence-electron chi connectivity index (χ0n) is 15.0. The minimum atomic E-state index is -1.88. The Bertz CT molecular complexity index is 660. The molecular formula is C20H27NO2P+. The van der Waals surface area contributed by atoms with Crippen molar-refractivity contribution in [3.05, 3.63) is 35.4 Å². The molecule has 0 aliphatic heterocycles. The van der Waals surface area contributed by atoms with E-state index in [1.54, 1.807) is 6.08 Å². The molecule has 0 aromatic heterocycles. The van der Waals surface area contributed by atoms with Crippen molar-refractivity contribution in [2.75, 3.05) is 0 Å². The zero-order valence-corrected chi connectivity index (χ0v) is 15.9. The molecular weight excluding hydrogens is 317 g/mol. The first kappa shape index (κ1) is 18.8. The van der Waals surface area contributed by atoms with E-state index in [9.17, 15) is 4.57 Å². The van der Waals surface area contributed by atoms with Crippen LogP contribution in [0.25, 0.3) is 6.08 Å². The molecule has 1 aromatic carbocycles. The summed E-state index contributed by atoms with van der Waals surface area (Å²) >= 11 is 0. The van der Waals surface area contributed by atoms with E-state index in [-0.39, 0.29) is 6.10 Å². The standard InChI is InChI=1S/C20H27NO2P/c1-14(2)19-8-7-15(3)12-20(19)23-24(22)18-11-16(4)10-17(13-18)6-5-9-21/h5-6,10-11,13-15,19-20H,7-8,12H2,1-4H3/q+1/b6-5+. The molecule has 0 spiro atoms. The predicted octanol–water partition coefficient (Wildman–Crippen LogP) is 5.38. The molecule has 4 heteroatoms. The van der Waals surface area contributed by atoms with E-state index in [1.165, 1.54) is 12.5 Å². The highest BCUT2D eigenvalue weighted by atomic mass is 31.1. The van der Waals surface area contributed by atoms with E-state index in [2.05, 4.69) is 20.8 Å². The third-order valence-corrected chi connectivity index (χ3v) is 5.98. The molecule has 4 unspecified atom stereocenters. The summed E-state index contributed by atoms with van der Waals surface area (Å²) in [4.78, 5) is 0. The summed E-state index contributed by atoms with van der Waals surface area (Å²) in [5.74, 6) is 1.64. The average molecular weight is 344 g/mol. The molecule has 0 radical (unpaired) electrons. The lowest BCUT2D eigenvalue weighted by molar-refractivity contribution is 0.0538. The van der Waals surface area contributed by atoms with Crippen molar-refractivity contribution < 1.29 is 9.09 Å². The van der Waals surface area contributed by atoms with Crippen LogP contribution in [0.1, 0.15) is 51.2 Å². The van der Waals surface area contributed by atoms with Gasteiger partial charge in [-0.25, -0.2) is 0 Å². The molecule has 128 valence electrons. The highest BCUT2D eigenvalue weighted by Crippen LogP contribution is 2.40. The maximum atomic E-state index is 12.8. The van der Waals surface area contributed by atoms with Crippen LogP contribution >= 0.6 is 8.03 Å². The summed E-state index contributed by atoms with van der Waals surface area (Å²) in [6, 6.07) is 7.73. The fraction of sp³-hybridized carbons (Fsp3) is 0.550. The van der Waals surface area contributed by atoms with Crippen LogP contribution in [0.2, 0.25) is 0 Å². The lowest BCUT2D eigenvalue weighted by Crippen LogP contribution is -2.33. The molecule has 0 N–H and O–H groups in total. The van der Waals surface area contributed by atoms with Crippen molar-refractivity contribution in [2.45, 2.75) is 53.1 Å². The van der Waals surface area contributed by atoms with Crippen molar-refractivity contribution in [3.63, 3.8) is 0 Å². The van der Waals surface area contributed by atoms with Gasteiger partial charge in [-0.1, -0.05) is 33.3 Å². The molecule has 1 fully saturated rings. The van der Waals surface area contributed by atoms with Gasteiger partial charge in [0.25, 0.3) is 0 Å². The highest BCUT2D eigenvalue weighted by Gasteiger charge is 2.38. The van der Waals surface area contributed by atoms with E-state index in [4.69, 9.17) is 9.79 Å². The van der Waals surface area contributed by atoms with Gasteiger partial charge in [0.05, 0.1) is 6.07 Å². The summed E-state index contributed by atoms with van der Waals surface area (Å²) in [5, 5.41) is 9.39. The van der Waals surface area contributed by atoms with Gasteiger partial charge in [-0.05, 0) is 65.4 Å². The summed E-state index contributed by atoms with van der Waals surface area (Å²) < 4.78 is 18.9. The van der Waals surface area contributed by atoms with Crippen molar-refractivity contribution in [1.29, 1.82) is 5.26 Å². The first-order valence-corrected chi connectivity index (χ1v) is 9.90. The number of hydrogen-bond acceptors (Lipinski definition) is 3. The second kappa shape index (κ2) is 8.56. The lowest BCUT2D eigenvalue weighted by Gasteiger charge is -2.33. The number of nitrogens with zero attached hydrogens (tertiary/aromatic N) is 1. The van der Waals surface area contributed by atoms with Gasteiger partial charge in [0, 0.05) is 12.1 Å². The number of benzene rings is 1. The molecule has 3 nitrogen and oxygen atoms in total. The maximum Gasteiger partial charge on any atom is 0.549 e. The summed E-state index contributed by atoms with van der Waals surface area (Å²) in [6.45, 7) is 8.66. The lowest BCUT2D eigenvalue weighted by atomic mass is 9.75. The molecule has 24 heavy (non-hydrogen) atoms. The van der Waals surface area contributed by atoms with Crippen LogP contribution in [0.4, 0.5) is 0 Å². The second-order valence-electron chi connectivity index (χ2n) is 7.29. The minimum Gasteiger partial charge on any atom is -0.193 e. The Morgan fingerprint density at radius 1 is 1.33 bits per heavy atom. The quantitative estimate of drug-likeness (QED) is 0.532. The van der Waals surface area contributed by atoms with Gasteiger partial charge in [-0.15, -0.1) is 4.52 Å². The highest BCUT2D eigenvalue weighted by molar-refractivity contribution is 7.48. The Morgan fingerprint density at radius 3 is 2.75 bits per heavy atom. The molecule has 0 amide bonds. The van der Waals surface area contributed by atoms with E-state index in [0.717, 1.165) is 24.0 Å². The molecule has 1 saturated carbocycles. The summed E-state index contributed by atoms with van der Waals surface area (Å²) in [5.41, 5.74) is 1.91. The summed E-state index contributed by atoms with van der Waals surface area (Å²) in [7, 11) is -1.88. The van der Waals surface area contributed by atoms with Gasteiger partial charge in [0.15, 0.2) is 0 Å². The second-order valence-corrected chi connectivity index (χ2v) is 8.53. The molecule has 0 heterocycles. The number of aryl methyl sites for hydroxylation is 1. The van der Waals surface area contributed by atoms with Crippen molar-refractivity contribution in [2.24, 2.45) is 17.8 Å². The average Bonchev–Trinajstić information content (AvgIpc) is 2.52. The number of allylic oxidation sites excluding steroid dienone is 1. The van der Waals surface area contributed by atoms with E-state index < -0.39 is 8.03 Å². The maximum absolute atomic E-state index is 12.8. The number of hydrogen-bond donors (Lipinski definition) is 0. The first-order chi connectivity index (χ1) is 11.4. The van der Waals surface area contributed by atoms with Gasteiger partial charge >= 0.3 is 8.03 Å². The van der Waals surface area contributed by atoms with Crippen LogP contribution < -0.4 is 5.30 Å². The predicted molar refractivity (Wildman–Crippen MR) is 99.3 cm³/mol. The molecule has 4 atom stereocenters. The van der Waals surface area contributed by atoms with Crippen molar-refractivity contribution in [3.8, 4) is 6.07 Å². The Morgan fingerprint density at radius 2 is 2.08 bits per heavy atom. The van der Waals surface area contributed by atoms with E-state index >= 15 is 0 Å². The molecule has 1 aliphatic carbocycles. The van der Waals surface area contributed by atoms with Gasteiger partial charge in [0.1, 0.15) is 6.10 Å². The SMILES string of the molecule is Cc1cc(/C=C/C#N)cc([P+](=O)OC2CC(C)CCC2C(C)C)c1. The van der Waals surface area contributed by atoms with Crippen LogP contribution in [0.3, 0.4) is 0 Å². The summed E-state index contributed by atoms with van der Waals surface area (Å²) in [6.07, 6.45) is 6.60.